The first kappa shape index (κ1) is 45.0. The predicted octanol–water partition coefficient (Wildman–Crippen LogP) is -2.02. The van der Waals surface area contributed by atoms with E-state index in [1.165, 1.54) is 4.68 Å². The Balaban J connectivity index is 1.20. The molecule has 3 aromatic heterocycles. The summed E-state index contributed by atoms with van der Waals surface area (Å²) < 4.78 is 19.5. The first-order valence-corrected chi connectivity index (χ1v) is 20.3. The largest absolute Gasteiger partial charge is 0.396 e. The van der Waals surface area contributed by atoms with Crippen LogP contribution in [0.5, 0.6) is 0 Å². The minimum absolute atomic E-state index is 0.0377. The van der Waals surface area contributed by atoms with Gasteiger partial charge in [0, 0.05) is 90.7 Å². The van der Waals surface area contributed by atoms with Crippen molar-refractivity contribution in [3.63, 3.8) is 0 Å². The maximum Gasteiger partial charge on any atom is 0.247 e. The van der Waals surface area contributed by atoms with Crippen LogP contribution in [0.15, 0.2) is 12.4 Å². The lowest BCUT2D eigenvalue weighted by Gasteiger charge is -2.37. The Morgan fingerprint density at radius 1 is 0.864 bits per heavy atom. The number of nitrogens with zero attached hydrogens (tertiary/aromatic N) is 13. The number of carbonyl (C=O) groups is 2. The molecule has 2 aliphatic heterocycles. The number of hydrogen-bond acceptors (Lipinski definition) is 18. The minimum Gasteiger partial charge on any atom is -0.396 e. The van der Waals surface area contributed by atoms with Crippen molar-refractivity contribution in [2.75, 3.05) is 127 Å². The van der Waals surface area contributed by atoms with Crippen molar-refractivity contribution in [1.29, 1.82) is 0 Å². The highest BCUT2D eigenvalue weighted by Crippen LogP contribution is 2.23. The number of terminal acetylenes is 1. The Bertz CT molecular complexity index is 1750. The standard InChI is InChI=1S/C37H59N15O7/c1-3-19-57-21-23-59-24-22-58-20-9-39-35-40-36(49-14-10-47(11-15-49)33(55)28-51-26-30(7-18-53)43-45-51)42-37(41-35)50-16-12-48(13-17-50)34(56)32(6-4-5-8-38)52-27-31(44-46-52)25-29(2)54/h1,26-27,29,32,53-54H,4-25,28,38H2,2H3,(H,39,40,41,42)/t29?,32-/m0/s1. The Morgan fingerprint density at radius 3 is 2.15 bits per heavy atom. The van der Waals surface area contributed by atoms with E-state index in [0.29, 0.717) is 147 Å². The molecule has 0 saturated carbocycles. The van der Waals surface area contributed by atoms with E-state index in [0.717, 1.165) is 12.8 Å². The Labute approximate surface area is 344 Å². The molecule has 3 aromatic rings. The van der Waals surface area contributed by atoms with Gasteiger partial charge in [-0.2, -0.15) is 15.0 Å². The van der Waals surface area contributed by atoms with Gasteiger partial charge in [-0.3, -0.25) is 9.59 Å². The van der Waals surface area contributed by atoms with Crippen molar-refractivity contribution in [3.8, 4) is 12.3 Å². The van der Waals surface area contributed by atoms with E-state index in [4.69, 9.17) is 41.3 Å². The van der Waals surface area contributed by atoms with Gasteiger partial charge >= 0.3 is 0 Å². The molecule has 5 N–H and O–H groups in total. The van der Waals surface area contributed by atoms with Crippen LogP contribution in [0, 0.1) is 12.3 Å². The lowest BCUT2D eigenvalue weighted by atomic mass is 10.1. The van der Waals surface area contributed by atoms with Crippen LogP contribution < -0.4 is 20.9 Å². The second kappa shape index (κ2) is 24.1. The van der Waals surface area contributed by atoms with Gasteiger partial charge in [-0.05, 0) is 32.7 Å². The Kier molecular flexibility index (Phi) is 18.4. The highest BCUT2D eigenvalue weighted by molar-refractivity contribution is 5.80. The van der Waals surface area contributed by atoms with Crippen LogP contribution in [-0.2, 0) is 43.2 Å². The summed E-state index contributed by atoms with van der Waals surface area (Å²) in [5.41, 5.74) is 7.02. The molecule has 2 fully saturated rings. The zero-order chi connectivity index (χ0) is 41.8. The molecule has 5 heterocycles. The molecule has 0 spiro atoms. The minimum atomic E-state index is -0.571. The van der Waals surface area contributed by atoms with Crippen LogP contribution in [0.3, 0.4) is 0 Å². The lowest BCUT2D eigenvalue weighted by Crippen LogP contribution is -2.51. The SMILES string of the molecule is C#CCOCCOCCOCCNc1nc(N2CCN(C(=O)Cn3cc(CCO)nn3)CC2)nc(N2CCN(C(=O)[C@H](CCCCN)n3cc(CC(C)O)nn3)CC2)n1. The number of anilines is 3. The average molecular weight is 826 g/mol. The van der Waals surface area contributed by atoms with E-state index in [-0.39, 0.29) is 31.6 Å². The van der Waals surface area contributed by atoms with Gasteiger partial charge in [0.05, 0.1) is 50.5 Å². The van der Waals surface area contributed by atoms with Crippen molar-refractivity contribution in [2.45, 2.75) is 57.7 Å². The molecular weight excluding hydrogens is 767 g/mol. The number of aliphatic hydroxyl groups excluding tert-OH is 2. The molecule has 0 radical (unpaired) electrons. The number of aliphatic hydroxyl groups is 2. The topological polar surface area (TPSA) is 253 Å². The molecule has 0 bridgehead atoms. The molecule has 1 unspecified atom stereocenters. The first-order chi connectivity index (χ1) is 28.8. The fourth-order valence-corrected chi connectivity index (χ4v) is 6.61. The molecule has 59 heavy (non-hydrogen) atoms. The van der Waals surface area contributed by atoms with Gasteiger partial charge < -0.3 is 55.1 Å². The number of hydrogen-bond donors (Lipinski definition) is 4. The van der Waals surface area contributed by atoms with Crippen LogP contribution in [0.2, 0.25) is 0 Å². The van der Waals surface area contributed by atoms with E-state index in [1.54, 1.807) is 28.9 Å². The molecular formula is C37H59N15O7. The van der Waals surface area contributed by atoms with Crippen molar-refractivity contribution in [1.82, 2.24) is 54.7 Å². The second-order valence-corrected chi connectivity index (χ2v) is 14.3. The molecule has 2 saturated heterocycles. The fourth-order valence-electron chi connectivity index (χ4n) is 6.61. The van der Waals surface area contributed by atoms with Crippen molar-refractivity contribution >= 4 is 29.7 Å². The molecule has 5 rings (SSSR count). The number of piperazine rings is 2. The highest BCUT2D eigenvalue weighted by Gasteiger charge is 2.31. The van der Waals surface area contributed by atoms with Crippen LogP contribution in [0.1, 0.15) is 43.6 Å². The maximum atomic E-state index is 14.0. The number of aromatic nitrogens is 9. The van der Waals surface area contributed by atoms with Gasteiger partial charge in [-0.1, -0.05) is 16.3 Å². The van der Waals surface area contributed by atoms with Gasteiger partial charge in [0.15, 0.2) is 0 Å². The van der Waals surface area contributed by atoms with Crippen LogP contribution in [-0.4, -0.2) is 195 Å². The molecule has 0 aliphatic carbocycles. The fraction of sp³-hybridized carbons (Fsp3) is 0.703. The summed E-state index contributed by atoms with van der Waals surface area (Å²) >= 11 is 0. The van der Waals surface area contributed by atoms with E-state index in [9.17, 15) is 19.8 Å². The molecule has 22 nitrogen and oxygen atoms in total. The summed E-state index contributed by atoms with van der Waals surface area (Å²) in [6, 6.07) is -0.532. The smallest absolute Gasteiger partial charge is 0.247 e. The van der Waals surface area contributed by atoms with Gasteiger partial charge in [0.25, 0.3) is 0 Å². The van der Waals surface area contributed by atoms with E-state index >= 15 is 0 Å². The van der Waals surface area contributed by atoms with E-state index < -0.39 is 12.1 Å². The zero-order valence-electron chi connectivity index (χ0n) is 34.0. The number of ether oxygens (including phenoxy) is 3. The molecule has 2 atom stereocenters. The lowest BCUT2D eigenvalue weighted by molar-refractivity contribution is -0.135. The third-order valence-corrected chi connectivity index (χ3v) is 9.71. The van der Waals surface area contributed by atoms with Crippen LogP contribution in [0.4, 0.5) is 17.8 Å². The normalized spacial score (nSPS) is 15.6. The maximum absolute atomic E-state index is 14.0. The van der Waals surface area contributed by atoms with Crippen molar-refractivity contribution < 1.29 is 34.0 Å². The number of unbranched alkanes of at least 4 members (excludes halogenated alkanes) is 1. The van der Waals surface area contributed by atoms with E-state index in [2.05, 4.69) is 31.9 Å². The average Bonchev–Trinajstić information content (AvgIpc) is 3.90. The summed E-state index contributed by atoms with van der Waals surface area (Å²) in [5, 5.41) is 38.8. The Morgan fingerprint density at radius 2 is 1.51 bits per heavy atom. The van der Waals surface area contributed by atoms with Crippen LogP contribution >= 0.6 is 0 Å². The summed E-state index contributed by atoms with van der Waals surface area (Å²) in [7, 11) is 0. The monoisotopic (exact) mass is 825 g/mol. The quantitative estimate of drug-likeness (QED) is 0.0531. The number of amides is 2. The predicted molar refractivity (Wildman–Crippen MR) is 215 cm³/mol. The summed E-state index contributed by atoms with van der Waals surface area (Å²) in [6.07, 6.45) is 10.9. The zero-order valence-corrected chi connectivity index (χ0v) is 34.0. The molecule has 2 aliphatic rings. The summed E-state index contributed by atoms with van der Waals surface area (Å²) in [4.78, 5) is 49.2. The van der Waals surface area contributed by atoms with E-state index in [1.807, 2.05) is 14.7 Å². The molecule has 2 amide bonds. The number of rotatable bonds is 25. The van der Waals surface area contributed by atoms with Crippen molar-refractivity contribution in [3.05, 3.63) is 23.8 Å². The number of nitrogens with two attached hydrogens (primary N) is 1. The molecule has 324 valence electrons. The third kappa shape index (κ3) is 14.3. The van der Waals surface area contributed by atoms with Gasteiger partial charge in [-0.25, -0.2) is 9.36 Å². The number of nitrogens with one attached hydrogen (secondary N) is 1. The second-order valence-electron chi connectivity index (χ2n) is 14.3. The van der Waals surface area contributed by atoms with Crippen molar-refractivity contribution in [2.24, 2.45) is 5.73 Å². The third-order valence-electron chi connectivity index (χ3n) is 9.71. The summed E-state index contributed by atoms with van der Waals surface area (Å²) in [6.45, 7) is 8.85. The van der Waals surface area contributed by atoms with Gasteiger partial charge in [0.1, 0.15) is 19.2 Å². The highest BCUT2D eigenvalue weighted by atomic mass is 16.5. The van der Waals surface area contributed by atoms with Gasteiger partial charge in [0.2, 0.25) is 29.7 Å². The first-order valence-electron chi connectivity index (χ1n) is 20.3. The van der Waals surface area contributed by atoms with Gasteiger partial charge in [-0.15, -0.1) is 16.6 Å². The van der Waals surface area contributed by atoms with Crippen LogP contribution in [0.25, 0.3) is 0 Å². The number of carbonyl (C=O) groups excluding carboxylic acids is 2. The molecule has 22 heteroatoms. The summed E-state index contributed by atoms with van der Waals surface area (Å²) in [5.74, 6) is 3.64. The Hall–Kier alpha value is -5.05. The molecule has 0 aromatic carbocycles.